The van der Waals surface area contributed by atoms with Gasteiger partial charge in [0.05, 0.1) is 18.9 Å². The fourth-order valence-electron chi connectivity index (χ4n) is 1.98. The Morgan fingerprint density at radius 2 is 2.16 bits per heavy atom. The molecule has 0 radical (unpaired) electrons. The van der Waals surface area contributed by atoms with Crippen LogP contribution in [0, 0.1) is 5.82 Å². The minimum absolute atomic E-state index is 0.00440. The number of benzene rings is 1. The van der Waals surface area contributed by atoms with E-state index < -0.39 is 5.82 Å². The number of carbonyl (C=O) groups is 1. The number of carbonyl (C=O) groups excluding carboxylic acids is 1. The molecule has 2 aromatic rings. The standard InChI is InChI=1S/C15H15FO3/c1-3-13-11(7-8-19-13)12(17)9-10-5-4-6-14(18-2)15(10)16/h4-8H,3,9H2,1-2H3. The third kappa shape index (κ3) is 2.67. The van der Waals surface area contributed by atoms with E-state index in [9.17, 15) is 9.18 Å². The van der Waals surface area contributed by atoms with Gasteiger partial charge in [-0.15, -0.1) is 0 Å². The summed E-state index contributed by atoms with van der Waals surface area (Å²) in [5.74, 6) is 0.138. The summed E-state index contributed by atoms with van der Waals surface area (Å²) < 4.78 is 24.1. The number of ketones is 1. The van der Waals surface area contributed by atoms with E-state index in [1.807, 2.05) is 6.92 Å². The van der Waals surface area contributed by atoms with E-state index in [0.29, 0.717) is 23.3 Å². The van der Waals surface area contributed by atoms with Crippen molar-refractivity contribution in [2.24, 2.45) is 0 Å². The zero-order chi connectivity index (χ0) is 13.8. The molecule has 0 amide bonds. The van der Waals surface area contributed by atoms with Gasteiger partial charge in [-0.2, -0.15) is 0 Å². The summed E-state index contributed by atoms with van der Waals surface area (Å²) in [5, 5.41) is 0. The van der Waals surface area contributed by atoms with E-state index in [0.717, 1.165) is 0 Å². The Kier molecular flexibility index (Phi) is 4.00. The lowest BCUT2D eigenvalue weighted by molar-refractivity contribution is 0.0990. The molecule has 3 nitrogen and oxygen atoms in total. The molecule has 1 aromatic carbocycles. The fraction of sp³-hybridized carbons (Fsp3) is 0.267. The lowest BCUT2D eigenvalue weighted by atomic mass is 10.0. The molecule has 0 aliphatic rings. The summed E-state index contributed by atoms with van der Waals surface area (Å²) in [5.41, 5.74) is 0.845. The molecule has 1 aromatic heterocycles. The first-order chi connectivity index (χ1) is 9.17. The van der Waals surface area contributed by atoms with Crippen molar-refractivity contribution in [1.82, 2.24) is 0 Å². The van der Waals surface area contributed by atoms with Crippen LogP contribution in [0.3, 0.4) is 0 Å². The van der Waals surface area contributed by atoms with E-state index >= 15 is 0 Å². The smallest absolute Gasteiger partial charge is 0.170 e. The van der Waals surface area contributed by atoms with Crippen LogP contribution in [0.25, 0.3) is 0 Å². The highest BCUT2D eigenvalue weighted by molar-refractivity contribution is 5.98. The number of furan rings is 1. The van der Waals surface area contributed by atoms with Crippen LogP contribution in [0.1, 0.15) is 28.6 Å². The van der Waals surface area contributed by atoms with Crippen LogP contribution in [0.15, 0.2) is 34.9 Å². The number of halogens is 1. The first-order valence-electron chi connectivity index (χ1n) is 6.08. The van der Waals surface area contributed by atoms with E-state index in [-0.39, 0.29) is 18.0 Å². The molecule has 0 aliphatic carbocycles. The van der Waals surface area contributed by atoms with Gasteiger partial charge in [0.25, 0.3) is 0 Å². The molecule has 0 atom stereocenters. The van der Waals surface area contributed by atoms with Crippen molar-refractivity contribution >= 4 is 5.78 Å². The third-order valence-corrected chi connectivity index (χ3v) is 2.98. The average Bonchev–Trinajstić information content (AvgIpc) is 2.89. The van der Waals surface area contributed by atoms with Crippen molar-refractivity contribution in [3.05, 3.63) is 53.2 Å². The molecule has 0 N–H and O–H groups in total. The van der Waals surface area contributed by atoms with Crippen LogP contribution in [0.2, 0.25) is 0 Å². The molecular weight excluding hydrogens is 247 g/mol. The molecule has 100 valence electrons. The second-order valence-electron chi connectivity index (χ2n) is 4.14. The van der Waals surface area contributed by atoms with Crippen molar-refractivity contribution < 1.29 is 18.3 Å². The lowest BCUT2D eigenvalue weighted by Gasteiger charge is -2.06. The second-order valence-corrected chi connectivity index (χ2v) is 4.14. The SMILES string of the molecule is CCc1occc1C(=O)Cc1cccc(OC)c1F. The topological polar surface area (TPSA) is 39.4 Å². The van der Waals surface area contributed by atoms with Gasteiger partial charge in [-0.05, 0) is 17.7 Å². The van der Waals surface area contributed by atoms with E-state index in [4.69, 9.17) is 9.15 Å². The van der Waals surface area contributed by atoms with Gasteiger partial charge in [0, 0.05) is 12.8 Å². The molecule has 0 aliphatic heterocycles. The van der Waals surface area contributed by atoms with Crippen LogP contribution in [0.4, 0.5) is 4.39 Å². The molecule has 0 saturated heterocycles. The highest BCUT2D eigenvalue weighted by Gasteiger charge is 2.17. The predicted octanol–water partition coefficient (Wildman–Crippen LogP) is 3.42. The van der Waals surface area contributed by atoms with E-state index in [2.05, 4.69) is 0 Å². The van der Waals surface area contributed by atoms with Gasteiger partial charge < -0.3 is 9.15 Å². The summed E-state index contributed by atoms with van der Waals surface area (Å²) in [6, 6.07) is 6.40. The first-order valence-corrected chi connectivity index (χ1v) is 6.08. The van der Waals surface area contributed by atoms with Gasteiger partial charge >= 0.3 is 0 Å². The molecule has 4 heteroatoms. The zero-order valence-corrected chi connectivity index (χ0v) is 10.9. The Labute approximate surface area is 111 Å². The molecular formula is C15H15FO3. The second kappa shape index (κ2) is 5.69. The van der Waals surface area contributed by atoms with Gasteiger partial charge in [-0.3, -0.25) is 4.79 Å². The largest absolute Gasteiger partial charge is 0.494 e. The highest BCUT2D eigenvalue weighted by Crippen LogP contribution is 2.22. The molecule has 2 rings (SSSR count). The summed E-state index contributed by atoms with van der Waals surface area (Å²) in [4.78, 5) is 12.1. The lowest BCUT2D eigenvalue weighted by Crippen LogP contribution is -2.07. The fourth-order valence-corrected chi connectivity index (χ4v) is 1.98. The molecule has 0 saturated carbocycles. The quantitative estimate of drug-likeness (QED) is 0.775. The van der Waals surface area contributed by atoms with Gasteiger partial charge in [-0.1, -0.05) is 19.1 Å². The number of rotatable bonds is 5. The number of methoxy groups -OCH3 is 1. The van der Waals surface area contributed by atoms with Gasteiger partial charge in [0.2, 0.25) is 0 Å². The van der Waals surface area contributed by atoms with Gasteiger partial charge in [-0.25, -0.2) is 4.39 Å². The summed E-state index contributed by atoms with van der Waals surface area (Å²) in [7, 11) is 1.40. The Morgan fingerprint density at radius 1 is 1.37 bits per heavy atom. The molecule has 1 heterocycles. The maximum absolute atomic E-state index is 14.0. The highest BCUT2D eigenvalue weighted by atomic mass is 19.1. The van der Waals surface area contributed by atoms with Crippen molar-refractivity contribution in [1.29, 1.82) is 0 Å². The van der Waals surface area contributed by atoms with Crippen LogP contribution in [-0.4, -0.2) is 12.9 Å². The molecule has 0 bridgehead atoms. The van der Waals surface area contributed by atoms with Crippen LogP contribution in [-0.2, 0) is 12.8 Å². The number of hydrogen-bond donors (Lipinski definition) is 0. The number of Topliss-reactive ketones (excluding diaryl/α,β-unsaturated/α-hetero) is 1. The van der Waals surface area contributed by atoms with E-state index in [1.54, 1.807) is 18.2 Å². The Morgan fingerprint density at radius 3 is 2.84 bits per heavy atom. The van der Waals surface area contributed by atoms with Crippen molar-refractivity contribution in [3.63, 3.8) is 0 Å². The molecule has 19 heavy (non-hydrogen) atoms. The van der Waals surface area contributed by atoms with Gasteiger partial charge in [0.15, 0.2) is 17.3 Å². The van der Waals surface area contributed by atoms with Crippen LogP contribution in [0.5, 0.6) is 5.75 Å². The zero-order valence-electron chi connectivity index (χ0n) is 10.9. The Hall–Kier alpha value is -2.10. The number of ether oxygens (including phenoxy) is 1. The first kappa shape index (κ1) is 13.3. The molecule has 0 unspecified atom stereocenters. The summed E-state index contributed by atoms with van der Waals surface area (Å²) in [6.45, 7) is 1.90. The summed E-state index contributed by atoms with van der Waals surface area (Å²) >= 11 is 0. The van der Waals surface area contributed by atoms with Crippen LogP contribution < -0.4 is 4.74 Å². The van der Waals surface area contributed by atoms with E-state index in [1.165, 1.54) is 19.4 Å². The van der Waals surface area contributed by atoms with Crippen LogP contribution >= 0.6 is 0 Å². The minimum atomic E-state index is -0.486. The Bertz CT molecular complexity index is 587. The number of aryl methyl sites for hydroxylation is 1. The number of hydrogen-bond acceptors (Lipinski definition) is 3. The normalized spacial score (nSPS) is 10.5. The third-order valence-electron chi connectivity index (χ3n) is 2.98. The van der Waals surface area contributed by atoms with Gasteiger partial charge in [0.1, 0.15) is 5.76 Å². The summed E-state index contributed by atoms with van der Waals surface area (Å²) in [6.07, 6.45) is 2.11. The average molecular weight is 262 g/mol. The predicted molar refractivity (Wildman–Crippen MR) is 69.1 cm³/mol. The van der Waals surface area contributed by atoms with Crippen molar-refractivity contribution in [3.8, 4) is 5.75 Å². The Balaban J connectivity index is 2.24. The van der Waals surface area contributed by atoms with Crippen molar-refractivity contribution in [2.45, 2.75) is 19.8 Å². The maximum atomic E-state index is 14.0. The molecule has 0 spiro atoms. The molecule has 0 fully saturated rings. The maximum Gasteiger partial charge on any atom is 0.170 e. The monoisotopic (exact) mass is 262 g/mol. The van der Waals surface area contributed by atoms with Crippen molar-refractivity contribution in [2.75, 3.05) is 7.11 Å². The minimum Gasteiger partial charge on any atom is -0.494 e.